The number of carbonyl (C=O) groups excluding carboxylic acids is 1. The Morgan fingerprint density at radius 3 is 2.40 bits per heavy atom. The van der Waals surface area contributed by atoms with Crippen LogP contribution in [-0.4, -0.2) is 37.5 Å². The third-order valence-electron chi connectivity index (χ3n) is 2.78. The third kappa shape index (κ3) is 6.04. The standard InChI is InChI=1S/C15H24N2O3/c1-15(2,3)12-4-6-13(7-5-12)17-14(19)16-8-10-20-11-9-18/h4-7,18H,8-11H2,1-3H3,(H2,16,17,19). The molecule has 5 heteroatoms. The first-order valence-electron chi connectivity index (χ1n) is 6.77. The number of urea groups is 1. The van der Waals surface area contributed by atoms with Crippen molar-refractivity contribution in [1.82, 2.24) is 5.32 Å². The highest BCUT2D eigenvalue weighted by molar-refractivity contribution is 5.89. The van der Waals surface area contributed by atoms with Gasteiger partial charge in [0.2, 0.25) is 0 Å². The smallest absolute Gasteiger partial charge is 0.319 e. The van der Waals surface area contributed by atoms with Gasteiger partial charge in [-0.1, -0.05) is 32.9 Å². The lowest BCUT2D eigenvalue weighted by atomic mass is 9.87. The maximum absolute atomic E-state index is 11.6. The normalized spacial score (nSPS) is 11.2. The summed E-state index contributed by atoms with van der Waals surface area (Å²) in [5.41, 5.74) is 2.08. The number of carbonyl (C=O) groups is 1. The molecule has 0 fully saturated rings. The van der Waals surface area contributed by atoms with Crippen LogP contribution in [0.4, 0.5) is 10.5 Å². The Labute approximate surface area is 120 Å². The van der Waals surface area contributed by atoms with Gasteiger partial charge in [0.05, 0.1) is 19.8 Å². The molecule has 20 heavy (non-hydrogen) atoms. The molecule has 0 spiro atoms. The second-order valence-electron chi connectivity index (χ2n) is 5.54. The predicted molar refractivity (Wildman–Crippen MR) is 80.1 cm³/mol. The van der Waals surface area contributed by atoms with Crippen LogP contribution < -0.4 is 10.6 Å². The number of hydrogen-bond donors (Lipinski definition) is 3. The molecule has 0 heterocycles. The van der Waals surface area contributed by atoms with E-state index in [0.29, 0.717) is 13.2 Å². The second kappa shape index (κ2) is 7.87. The van der Waals surface area contributed by atoms with E-state index in [1.165, 1.54) is 5.56 Å². The van der Waals surface area contributed by atoms with Crippen molar-refractivity contribution >= 4 is 11.7 Å². The summed E-state index contributed by atoms with van der Waals surface area (Å²) in [4.78, 5) is 11.6. The number of rotatable bonds is 6. The molecule has 0 saturated carbocycles. The molecule has 1 rings (SSSR count). The van der Waals surface area contributed by atoms with E-state index in [1.807, 2.05) is 24.3 Å². The van der Waals surface area contributed by atoms with Gasteiger partial charge in [-0.25, -0.2) is 4.79 Å². The van der Waals surface area contributed by atoms with E-state index in [-0.39, 0.29) is 24.7 Å². The van der Waals surface area contributed by atoms with Gasteiger partial charge < -0.3 is 20.5 Å². The van der Waals surface area contributed by atoms with Crippen molar-refractivity contribution in [2.45, 2.75) is 26.2 Å². The number of ether oxygens (including phenoxy) is 1. The molecule has 0 bridgehead atoms. The van der Waals surface area contributed by atoms with Crippen molar-refractivity contribution in [2.24, 2.45) is 0 Å². The summed E-state index contributed by atoms with van der Waals surface area (Å²) in [6.07, 6.45) is 0. The minimum atomic E-state index is -0.263. The van der Waals surface area contributed by atoms with Crippen molar-refractivity contribution in [3.63, 3.8) is 0 Å². The SMILES string of the molecule is CC(C)(C)c1ccc(NC(=O)NCCOCCO)cc1. The van der Waals surface area contributed by atoms with E-state index in [0.717, 1.165) is 5.69 Å². The highest BCUT2D eigenvalue weighted by Crippen LogP contribution is 2.23. The van der Waals surface area contributed by atoms with Crippen LogP contribution in [-0.2, 0) is 10.2 Å². The first-order valence-corrected chi connectivity index (χ1v) is 6.77. The Balaban J connectivity index is 2.35. The number of amides is 2. The van der Waals surface area contributed by atoms with E-state index >= 15 is 0 Å². The van der Waals surface area contributed by atoms with Crippen LogP contribution in [0.2, 0.25) is 0 Å². The van der Waals surface area contributed by atoms with E-state index in [9.17, 15) is 4.79 Å². The fraction of sp³-hybridized carbons (Fsp3) is 0.533. The van der Waals surface area contributed by atoms with Crippen LogP contribution in [0.5, 0.6) is 0 Å². The molecule has 2 amide bonds. The predicted octanol–water partition coefficient (Wildman–Crippen LogP) is 2.11. The molecule has 0 aliphatic rings. The zero-order valence-corrected chi connectivity index (χ0v) is 12.4. The van der Waals surface area contributed by atoms with Crippen molar-refractivity contribution in [1.29, 1.82) is 0 Å². The molecule has 1 aromatic rings. The number of aliphatic hydroxyl groups is 1. The van der Waals surface area contributed by atoms with Crippen molar-refractivity contribution in [3.8, 4) is 0 Å². The molecule has 5 nitrogen and oxygen atoms in total. The summed E-state index contributed by atoms with van der Waals surface area (Å²) in [5, 5.41) is 14.0. The quantitative estimate of drug-likeness (QED) is 0.699. The molecule has 112 valence electrons. The van der Waals surface area contributed by atoms with E-state index in [4.69, 9.17) is 9.84 Å². The minimum absolute atomic E-state index is 0.00762. The Morgan fingerprint density at radius 1 is 1.20 bits per heavy atom. The van der Waals surface area contributed by atoms with Crippen molar-refractivity contribution in [3.05, 3.63) is 29.8 Å². The van der Waals surface area contributed by atoms with E-state index in [2.05, 4.69) is 31.4 Å². The summed E-state index contributed by atoms with van der Waals surface area (Å²) in [6, 6.07) is 7.55. The fourth-order valence-electron chi connectivity index (χ4n) is 1.63. The van der Waals surface area contributed by atoms with Gasteiger partial charge in [0.25, 0.3) is 0 Å². The van der Waals surface area contributed by atoms with Gasteiger partial charge >= 0.3 is 6.03 Å². The molecule has 3 N–H and O–H groups in total. The van der Waals surface area contributed by atoms with Gasteiger partial charge in [-0.3, -0.25) is 0 Å². The van der Waals surface area contributed by atoms with Crippen LogP contribution in [0.15, 0.2) is 24.3 Å². The summed E-state index contributed by atoms with van der Waals surface area (Å²) < 4.78 is 5.04. The highest BCUT2D eigenvalue weighted by atomic mass is 16.5. The topological polar surface area (TPSA) is 70.6 Å². The molecular weight excluding hydrogens is 256 g/mol. The number of hydrogen-bond acceptors (Lipinski definition) is 3. The third-order valence-corrected chi connectivity index (χ3v) is 2.78. The maximum Gasteiger partial charge on any atom is 0.319 e. The molecule has 0 saturated heterocycles. The average molecular weight is 280 g/mol. The first kappa shape index (κ1) is 16.5. The number of benzene rings is 1. The van der Waals surface area contributed by atoms with Gasteiger partial charge in [0.15, 0.2) is 0 Å². The Bertz CT molecular complexity index is 410. The molecule has 0 aromatic heterocycles. The number of nitrogens with one attached hydrogen (secondary N) is 2. The Morgan fingerprint density at radius 2 is 1.85 bits per heavy atom. The summed E-state index contributed by atoms with van der Waals surface area (Å²) in [6.45, 7) is 7.52. The minimum Gasteiger partial charge on any atom is -0.394 e. The van der Waals surface area contributed by atoms with Crippen LogP contribution in [0.25, 0.3) is 0 Å². The van der Waals surface area contributed by atoms with Crippen LogP contribution in [0, 0.1) is 0 Å². The van der Waals surface area contributed by atoms with Crippen LogP contribution in [0.1, 0.15) is 26.3 Å². The second-order valence-corrected chi connectivity index (χ2v) is 5.54. The lowest BCUT2D eigenvalue weighted by Gasteiger charge is -2.19. The zero-order valence-electron chi connectivity index (χ0n) is 12.4. The lowest BCUT2D eigenvalue weighted by Crippen LogP contribution is -2.31. The van der Waals surface area contributed by atoms with Gasteiger partial charge in [-0.15, -0.1) is 0 Å². The molecule has 1 aromatic carbocycles. The molecule has 0 aliphatic heterocycles. The Hall–Kier alpha value is -1.59. The molecular formula is C15H24N2O3. The molecule has 0 atom stereocenters. The van der Waals surface area contributed by atoms with Gasteiger partial charge in [0, 0.05) is 12.2 Å². The largest absolute Gasteiger partial charge is 0.394 e. The monoisotopic (exact) mass is 280 g/mol. The van der Waals surface area contributed by atoms with Crippen LogP contribution in [0.3, 0.4) is 0 Å². The summed E-state index contributed by atoms with van der Waals surface area (Å²) in [5.74, 6) is 0. The van der Waals surface area contributed by atoms with Gasteiger partial charge in [-0.2, -0.15) is 0 Å². The van der Waals surface area contributed by atoms with E-state index < -0.39 is 0 Å². The summed E-state index contributed by atoms with van der Waals surface area (Å²) >= 11 is 0. The first-order chi connectivity index (χ1) is 9.43. The van der Waals surface area contributed by atoms with Crippen molar-refractivity contribution < 1.29 is 14.6 Å². The molecule has 0 unspecified atom stereocenters. The Kier molecular flexibility index (Phi) is 6.48. The summed E-state index contributed by atoms with van der Waals surface area (Å²) in [7, 11) is 0. The number of anilines is 1. The number of aliphatic hydroxyl groups excluding tert-OH is 1. The highest BCUT2D eigenvalue weighted by Gasteiger charge is 2.13. The fourth-order valence-corrected chi connectivity index (χ4v) is 1.63. The maximum atomic E-state index is 11.6. The lowest BCUT2D eigenvalue weighted by molar-refractivity contribution is 0.0950. The average Bonchev–Trinajstić information content (AvgIpc) is 2.38. The van der Waals surface area contributed by atoms with Crippen molar-refractivity contribution in [2.75, 3.05) is 31.7 Å². The van der Waals surface area contributed by atoms with Gasteiger partial charge in [-0.05, 0) is 23.1 Å². The van der Waals surface area contributed by atoms with E-state index in [1.54, 1.807) is 0 Å². The molecule has 0 radical (unpaired) electrons. The molecule has 0 aliphatic carbocycles. The zero-order chi connectivity index (χ0) is 15.0. The van der Waals surface area contributed by atoms with Gasteiger partial charge in [0.1, 0.15) is 0 Å². The van der Waals surface area contributed by atoms with Crippen LogP contribution >= 0.6 is 0 Å².